The lowest BCUT2D eigenvalue weighted by Gasteiger charge is -2.36. The SMILES string of the molecule is CC(c1ccc(Cl)cc1F)N1CCC(n2c(=O)[nH]c3ccccc32)CC1. The lowest BCUT2D eigenvalue weighted by atomic mass is 9.99. The summed E-state index contributed by atoms with van der Waals surface area (Å²) in [5.74, 6) is -0.264. The maximum atomic E-state index is 14.2. The first kappa shape index (κ1) is 17.3. The number of fused-ring (bicyclic) bond motifs is 1. The molecule has 0 radical (unpaired) electrons. The molecular formula is C20H21ClFN3O. The number of rotatable bonds is 3. The van der Waals surface area contributed by atoms with Gasteiger partial charge in [0.2, 0.25) is 0 Å². The standard InChI is InChI=1S/C20H21ClFN3O/c1-13(16-7-6-14(21)12-17(16)22)24-10-8-15(9-11-24)25-19-5-3-2-4-18(19)23-20(25)26/h2-7,12-13,15H,8-11H2,1H3,(H,23,26). The zero-order valence-corrected chi connectivity index (χ0v) is 15.3. The van der Waals surface area contributed by atoms with E-state index in [4.69, 9.17) is 11.6 Å². The van der Waals surface area contributed by atoms with Gasteiger partial charge in [-0.15, -0.1) is 0 Å². The van der Waals surface area contributed by atoms with E-state index in [0.29, 0.717) is 10.6 Å². The van der Waals surface area contributed by atoms with Gasteiger partial charge in [-0.05, 0) is 44.0 Å². The van der Waals surface area contributed by atoms with Crippen molar-refractivity contribution in [2.75, 3.05) is 13.1 Å². The summed E-state index contributed by atoms with van der Waals surface area (Å²) in [6.45, 7) is 3.66. The van der Waals surface area contributed by atoms with Crippen LogP contribution in [-0.4, -0.2) is 27.5 Å². The maximum Gasteiger partial charge on any atom is 0.326 e. The first-order chi connectivity index (χ1) is 12.5. The van der Waals surface area contributed by atoms with Crippen molar-refractivity contribution < 1.29 is 4.39 Å². The number of hydrogen-bond acceptors (Lipinski definition) is 2. The van der Waals surface area contributed by atoms with Crippen molar-refractivity contribution >= 4 is 22.6 Å². The fourth-order valence-electron chi connectivity index (χ4n) is 4.01. The van der Waals surface area contributed by atoms with Crippen molar-refractivity contribution in [2.24, 2.45) is 0 Å². The molecule has 1 aliphatic heterocycles. The van der Waals surface area contributed by atoms with Crippen LogP contribution in [0.4, 0.5) is 4.39 Å². The molecule has 2 aromatic carbocycles. The number of aromatic nitrogens is 2. The second-order valence-corrected chi connectivity index (χ2v) is 7.36. The molecule has 1 saturated heterocycles. The Bertz CT molecular complexity index is 988. The number of benzene rings is 2. The average molecular weight is 374 g/mol. The van der Waals surface area contributed by atoms with Gasteiger partial charge in [0.25, 0.3) is 0 Å². The van der Waals surface area contributed by atoms with E-state index in [0.717, 1.165) is 37.0 Å². The molecule has 1 unspecified atom stereocenters. The Morgan fingerprint density at radius 2 is 1.92 bits per heavy atom. The Morgan fingerprint density at radius 3 is 2.65 bits per heavy atom. The summed E-state index contributed by atoms with van der Waals surface area (Å²) in [4.78, 5) is 17.6. The molecule has 1 aliphatic rings. The Balaban J connectivity index is 1.52. The Hall–Kier alpha value is -2.11. The van der Waals surface area contributed by atoms with Crippen molar-refractivity contribution in [1.82, 2.24) is 14.5 Å². The van der Waals surface area contributed by atoms with Gasteiger partial charge >= 0.3 is 5.69 Å². The molecule has 0 spiro atoms. The molecular weight excluding hydrogens is 353 g/mol. The fraction of sp³-hybridized carbons (Fsp3) is 0.350. The molecule has 2 heterocycles. The summed E-state index contributed by atoms with van der Waals surface area (Å²) < 4.78 is 16.1. The number of halogens is 2. The smallest absolute Gasteiger partial charge is 0.306 e. The van der Waals surface area contributed by atoms with E-state index in [1.165, 1.54) is 6.07 Å². The van der Waals surface area contributed by atoms with Crippen molar-refractivity contribution in [3.8, 4) is 0 Å². The highest BCUT2D eigenvalue weighted by Gasteiger charge is 2.27. The first-order valence-electron chi connectivity index (χ1n) is 8.93. The molecule has 4 nitrogen and oxygen atoms in total. The summed E-state index contributed by atoms with van der Waals surface area (Å²) in [7, 11) is 0. The monoisotopic (exact) mass is 373 g/mol. The van der Waals surface area contributed by atoms with E-state index in [-0.39, 0.29) is 23.6 Å². The lowest BCUT2D eigenvalue weighted by Crippen LogP contribution is -2.38. The number of aromatic amines is 1. The molecule has 0 bridgehead atoms. The summed E-state index contributed by atoms with van der Waals surface area (Å²) in [6, 6.07) is 12.8. The number of piperidine rings is 1. The number of imidazole rings is 1. The van der Waals surface area contributed by atoms with Crippen LogP contribution >= 0.6 is 11.6 Å². The number of likely N-dealkylation sites (tertiary alicyclic amines) is 1. The first-order valence-corrected chi connectivity index (χ1v) is 9.30. The van der Waals surface area contributed by atoms with E-state index in [1.54, 1.807) is 12.1 Å². The second-order valence-electron chi connectivity index (χ2n) is 6.93. The third-order valence-electron chi connectivity index (χ3n) is 5.45. The molecule has 6 heteroatoms. The molecule has 1 N–H and O–H groups in total. The number of nitrogens with one attached hydrogen (secondary N) is 1. The van der Waals surface area contributed by atoms with Gasteiger partial charge in [-0.25, -0.2) is 9.18 Å². The number of hydrogen-bond donors (Lipinski definition) is 1. The summed E-state index contributed by atoms with van der Waals surface area (Å²) in [5.41, 5.74) is 2.43. The zero-order chi connectivity index (χ0) is 18.3. The molecule has 0 aliphatic carbocycles. The third-order valence-corrected chi connectivity index (χ3v) is 5.68. The minimum absolute atomic E-state index is 0.0205. The number of H-pyrrole nitrogens is 1. The molecule has 0 saturated carbocycles. The van der Waals surface area contributed by atoms with Gasteiger partial charge in [0.05, 0.1) is 11.0 Å². The molecule has 1 atom stereocenters. The number of para-hydroxylation sites is 2. The highest BCUT2D eigenvalue weighted by Crippen LogP contribution is 2.31. The van der Waals surface area contributed by atoms with Crippen molar-refractivity contribution in [1.29, 1.82) is 0 Å². The Kier molecular flexibility index (Phi) is 4.59. The molecule has 136 valence electrons. The Labute approximate surface area is 156 Å². The van der Waals surface area contributed by atoms with Gasteiger partial charge in [0.15, 0.2) is 0 Å². The van der Waals surface area contributed by atoms with Crippen molar-refractivity contribution in [3.05, 3.63) is 69.4 Å². The van der Waals surface area contributed by atoms with Crippen LogP contribution in [-0.2, 0) is 0 Å². The highest BCUT2D eigenvalue weighted by atomic mass is 35.5. The molecule has 4 rings (SSSR count). The van der Waals surface area contributed by atoms with Crippen LogP contribution in [0.3, 0.4) is 0 Å². The predicted molar refractivity (Wildman–Crippen MR) is 102 cm³/mol. The zero-order valence-electron chi connectivity index (χ0n) is 14.6. The van der Waals surface area contributed by atoms with Crippen LogP contribution in [0, 0.1) is 5.82 Å². The molecule has 0 amide bonds. The van der Waals surface area contributed by atoms with Gasteiger partial charge in [-0.3, -0.25) is 9.47 Å². The third kappa shape index (κ3) is 3.06. The van der Waals surface area contributed by atoms with E-state index in [1.807, 2.05) is 35.8 Å². The van der Waals surface area contributed by atoms with E-state index >= 15 is 0 Å². The topological polar surface area (TPSA) is 41.0 Å². The van der Waals surface area contributed by atoms with Crippen molar-refractivity contribution in [2.45, 2.75) is 31.8 Å². The molecule has 26 heavy (non-hydrogen) atoms. The predicted octanol–water partition coefficient (Wildman–Crippen LogP) is 4.52. The molecule has 1 aromatic heterocycles. The van der Waals surface area contributed by atoms with Gasteiger partial charge in [-0.1, -0.05) is 29.8 Å². The molecule has 3 aromatic rings. The van der Waals surface area contributed by atoms with Crippen LogP contribution in [0.25, 0.3) is 11.0 Å². The average Bonchev–Trinajstić information content (AvgIpc) is 2.97. The largest absolute Gasteiger partial charge is 0.326 e. The highest BCUT2D eigenvalue weighted by molar-refractivity contribution is 6.30. The summed E-state index contributed by atoms with van der Waals surface area (Å²) in [6.07, 6.45) is 1.72. The summed E-state index contributed by atoms with van der Waals surface area (Å²) in [5, 5.41) is 0.413. The molecule has 1 fully saturated rings. The maximum absolute atomic E-state index is 14.2. The van der Waals surface area contributed by atoms with Crippen LogP contribution in [0.1, 0.15) is 37.4 Å². The van der Waals surface area contributed by atoms with Crippen LogP contribution in [0.2, 0.25) is 5.02 Å². The van der Waals surface area contributed by atoms with Gasteiger partial charge in [-0.2, -0.15) is 0 Å². The second kappa shape index (κ2) is 6.89. The van der Waals surface area contributed by atoms with E-state index in [2.05, 4.69) is 9.88 Å². The van der Waals surface area contributed by atoms with Gasteiger partial charge in [0.1, 0.15) is 5.82 Å². The van der Waals surface area contributed by atoms with E-state index < -0.39 is 0 Å². The normalized spacial score (nSPS) is 17.7. The quantitative estimate of drug-likeness (QED) is 0.733. The fourth-order valence-corrected chi connectivity index (χ4v) is 4.16. The van der Waals surface area contributed by atoms with Gasteiger partial charge < -0.3 is 4.98 Å². The van der Waals surface area contributed by atoms with Crippen LogP contribution < -0.4 is 5.69 Å². The minimum Gasteiger partial charge on any atom is -0.306 e. The lowest BCUT2D eigenvalue weighted by molar-refractivity contribution is 0.141. The van der Waals surface area contributed by atoms with Crippen LogP contribution in [0.5, 0.6) is 0 Å². The Morgan fingerprint density at radius 1 is 1.19 bits per heavy atom. The number of nitrogens with zero attached hydrogens (tertiary/aromatic N) is 2. The van der Waals surface area contributed by atoms with E-state index in [9.17, 15) is 9.18 Å². The van der Waals surface area contributed by atoms with Crippen LogP contribution in [0.15, 0.2) is 47.3 Å². The summed E-state index contributed by atoms with van der Waals surface area (Å²) >= 11 is 5.86. The van der Waals surface area contributed by atoms with Crippen molar-refractivity contribution in [3.63, 3.8) is 0 Å². The van der Waals surface area contributed by atoms with Gasteiger partial charge in [0, 0.05) is 35.8 Å². The minimum atomic E-state index is -0.264.